The topological polar surface area (TPSA) is 71.4 Å². The molecule has 3 aromatic rings. The van der Waals surface area contributed by atoms with Crippen molar-refractivity contribution in [2.24, 2.45) is 0 Å². The predicted molar refractivity (Wildman–Crippen MR) is 120 cm³/mol. The van der Waals surface area contributed by atoms with Crippen LogP contribution in [0.5, 0.6) is 0 Å². The van der Waals surface area contributed by atoms with E-state index in [0.717, 1.165) is 18.5 Å². The van der Waals surface area contributed by atoms with Crippen LogP contribution < -0.4 is 5.32 Å². The second-order valence-corrected chi connectivity index (χ2v) is 9.23. The lowest BCUT2D eigenvalue weighted by atomic mass is 10.2. The Hall–Kier alpha value is -2.35. The number of sulfonamides is 1. The zero-order valence-electron chi connectivity index (χ0n) is 17.1. The molecule has 8 heteroatoms. The fourth-order valence-electron chi connectivity index (χ4n) is 3.43. The SMILES string of the molecule is CCN(CC)S(=O)(=O)c1cc(C(=O)NCCCn2ccc3ccccc32)ccc1Cl. The Labute approximate surface area is 182 Å². The first-order chi connectivity index (χ1) is 14.4. The molecule has 1 amide bonds. The van der Waals surface area contributed by atoms with Gasteiger partial charge in [-0.3, -0.25) is 4.79 Å². The van der Waals surface area contributed by atoms with Crippen LogP contribution in [0.4, 0.5) is 0 Å². The van der Waals surface area contributed by atoms with Crippen LogP contribution in [0.1, 0.15) is 30.6 Å². The molecule has 0 unspecified atom stereocenters. The predicted octanol–water partition coefficient (Wildman–Crippen LogP) is 4.15. The van der Waals surface area contributed by atoms with Gasteiger partial charge in [0.25, 0.3) is 5.91 Å². The Morgan fingerprint density at radius 1 is 1.10 bits per heavy atom. The fourth-order valence-corrected chi connectivity index (χ4v) is 5.39. The zero-order chi connectivity index (χ0) is 21.7. The van der Waals surface area contributed by atoms with E-state index in [4.69, 9.17) is 11.6 Å². The van der Waals surface area contributed by atoms with Gasteiger partial charge in [-0.15, -0.1) is 0 Å². The quantitative estimate of drug-likeness (QED) is 0.501. The summed E-state index contributed by atoms with van der Waals surface area (Å²) < 4.78 is 29.1. The average molecular weight is 448 g/mol. The van der Waals surface area contributed by atoms with Crippen LogP contribution in [-0.2, 0) is 16.6 Å². The van der Waals surface area contributed by atoms with E-state index in [2.05, 4.69) is 28.1 Å². The van der Waals surface area contributed by atoms with Crippen molar-refractivity contribution in [3.8, 4) is 0 Å². The molecule has 0 saturated carbocycles. The molecule has 0 aliphatic heterocycles. The van der Waals surface area contributed by atoms with Gasteiger partial charge in [0.05, 0.1) is 5.02 Å². The minimum Gasteiger partial charge on any atom is -0.352 e. The van der Waals surface area contributed by atoms with Crippen molar-refractivity contribution in [2.45, 2.75) is 31.7 Å². The normalized spacial score (nSPS) is 11.9. The second-order valence-electron chi connectivity index (χ2n) is 6.91. The molecule has 160 valence electrons. The van der Waals surface area contributed by atoms with Gasteiger partial charge in [0.1, 0.15) is 4.90 Å². The maximum Gasteiger partial charge on any atom is 0.251 e. The third-order valence-electron chi connectivity index (χ3n) is 5.06. The zero-order valence-corrected chi connectivity index (χ0v) is 18.7. The number of amides is 1. The molecule has 0 fully saturated rings. The molecule has 0 aliphatic rings. The Bertz CT molecular complexity index is 1140. The fraction of sp³-hybridized carbons (Fsp3) is 0.318. The lowest BCUT2D eigenvalue weighted by molar-refractivity contribution is 0.0952. The molecule has 3 rings (SSSR count). The monoisotopic (exact) mass is 447 g/mol. The van der Waals surface area contributed by atoms with Crippen molar-refractivity contribution in [1.82, 2.24) is 14.2 Å². The summed E-state index contributed by atoms with van der Waals surface area (Å²) in [6, 6.07) is 14.6. The molecule has 2 aromatic carbocycles. The van der Waals surface area contributed by atoms with Gasteiger partial charge in [0.2, 0.25) is 10.0 Å². The highest BCUT2D eigenvalue weighted by molar-refractivity contribution is 7.89. The number of aryl methyl sites for hydroxylation is 1. The van der Waals surface area contributed by atoms with Gasteiger partial charge in [-0.2, -0.15) is 4.31 Å². The van der Waals surface area contributed by atoms with Crippen LogP contribution in [0.15, 0.2) is 59.6 Å². The molecule has 0 aliphatic carbocycles. The van der Waals surface area contributed by atoms with Crippen LogP contribution in [-0.4, -0.2) is 42.8 Å². The molecule has 30 heavy (non-hydrogen) atoms. The Balaban J connectivity index is 1.64. The van der Waals surface area contributed by atoms with Crippen LogP contribution in [0.25, 0.3) is 10.9 Å². The van der Waals surface area contributed by atoms with Gasteiger partial charge in [-0.05, 0) is 42.1 Å². The van der Waals surface area contributed by atoms with E-state index in [1.165, 1.54) is 21.8 Å². The van der Waals surface area contributed by atoms with Crippen molar-refractivity contribution in [3.63, 3.8) is 0 Å². The highest BCUT2D eigenvalue weighted by Gasteiger charge is 2.25. The van der Waals surface area contributed by atoms with Gasteiger partial charge < -0.3 is 9.88 Å². The number of benzene rings is 2. The molecule has 1 N–H and O–H groups in total. The number of halogens is 1. The van der Waals surface area contributed by atoms with E-state index >= 15 is 0 Å². The minimum atomic E-state index is -3.75. The number of carbonyl (C=O) groups excluding carboxylic acids is 1. The first-order valence-corrected chi connectivity index (χ1v) is 11.8. The summed E-state index contributed by atoms with van der Waals surface area (Å²) in [5.41, 5.74) is 1.43. The Kier molecular flexibility index (Phi) is 7.18. The largest absolute Gasteiger partial charge is 0.352 e. The molecule has 0 radical (unpaired) electrons. The smallest absolute Gasteiger partial charge is 0.251 e. The molecule has 0 bridgehead atoms. The third-order valence-corrected chi connectivity index (χ3v) is 7.59. The number of fused-ring (bicyclic) bond motifs is 1. The number of nitrogens with zero attached hydrogens (tertiary/aromatic N) is 2. The first-order valence-electron chi connectivity index (χ1n) is 10.00. The standard InChI is InChI=1S/C22H26ClN3O3S/c1-3-26(4-2)30(28,29)21-16-18(10-11-19(21)23)22(27)24-13-7-14-25-15-12-17-8-5-6-9-20(17)25/h5-6,8-12,15-16H,3-4,7,13-14H2,1-2H3,(H,24,27). The van der Waals surface area contributed by atoms with Crippen LogP contribution in [0, 0.1) is 0 Å². The number of aromatic nitrogens is 1. The van der Waals surface area contributed by atoms with E-state index < -0.39 is 10.0 Å². The second kappa shape index (κ2) is 9.64. The number of carbonyl (C=O) groups is 1. The molecule has 1 aromatic heterocycles. The first kappa shape index (κ1) is 22.3. The number of hydrogen-bond donors (Lipinski definition) is 1. The van der Waals surface area contributed by atoms with Crippen LogP contribution in [0.2, 0.25) is 5.02 Å². The molecule has 0 saturated heterocycles. The molecular weight excluding hydrogens is 422 g/mol. The van der Waals surface area contributed by atoms with Gasteiger partial charge in [-0.1, -0.05) is 43.6 Å². The van der Waals surface area contributed by atoms with Gasteiger partial charge in [-0.25, -0.2) is 8.42 Å². The maximum atomic E-state index is 12.8. The summed E-state index contributed by atoms with van der Waals surface area (Å²) in [7, 11) is -3.75. The highest BCUT2D eigenvalue weighted by Crippen LogP contribution is 2.26. The minimum absolute atomic E-state index is 0.0423. The Morgan fingerprint density at radius 3 is 2.57 bits per heavy atom. The lowest BCUT2D eigenvalue weighted by Crippen LogP contribution is -2.31. The summed E-state index contributed by atoms with van der Waals surface area (Å²) in [5, 5.41) is 4.16. The van der Waals surface area contributed by atoms with Crippen molar-refractivity contribution in [1.29, 1.82) is 0 Å². The summed E-state index contributed by atoms with van der Waals surface area (Å²) in [6.07, 6.45) is 2.79. The lowest BCUT2D eigenvalue weighted by Gasteiger charge is -2.19. The van der Waals surface area contributed by atoms with Gasteiger partial charge in [0, 0.05) is 43.5 Å². The number of para-hydroxylation sites is 1. The van der Waals surface area contributed by atoms with Crippen molar-refractivity contribution in [3.05, 3.63) is 65.3 Å². The van der Waals surface area contributed by atoms with E-state index in [-0.39, 0.29) is 21.4 Å². The molecule has 0 spiro atoms. The summed E-state index contributed by atoms with van der Waals surface area (Å²) in [6.45, 7) is 5.44. The van der Waals surface area contributed by atoms with E-state index in [0.29, 0.717) is 19.6 Å². The van der Waals surface area contributed by atoms with E-state index in [1.54, 1.807) is 19.9 Å². The molecule has 6 nitrogen and oxygen atoms in total. The summed E-state index contributed by atoms with van der Waals surface area (Å²) in [4.78, 5) is 12.5. The summed E-state index contributed by atoms with van der Waals surface area (Å²) >= 11 is 6.13. The van der Waals surface area contributed by atoms with Gasteiger partial charge >= 0.3 is 0 Å². The summed E-state index contributed by atoms with van der Waals surface area (Å²) in [5.74, 6) is -0.319. The van der Waals surface area contributed by atoms with Crippen molar-refractivity contribution < 1.29 is 13.2 Å². The molecule has 1 heterocycles. The Morgan fingerprint density at radius 2 is 1.83 bits per heavy atom. The molecular formula is C22H26ClN3O3S. The number of rotatable bonds is 9. The average Bonchev–Trinajstić information content (AvgIpc) is 3.15. The maximum absolute atomic E-state index is 12.8. The van der Waals surface area contributed by atoms with E-state index in [9.17, 15) is 13.2 Å². The van der Waals surface area contributed by atoms with E-state index in [1.807, 2.05) is 18.3 Å². The van der Waals surface area contributed by atoms with Crippen LogP contribution >= 0.6 is 11.6 Å². The molecule has 0 atom stereocenters. The number of hydrogen-bond acceptors (Lipinski definition) is 3. The van der Waals surface area contributed by atoms with Gasteiger partial charge in [0.15, 0.2) is 0 Å². The van der Waals surface area contributed by atoms with Crippen LogP contribution in [0.3, 0.4) is 0 Å². The highest BCUT2D eigenvalue weighted by atomic mass is 35.5. The number of nitrogens with one attached hydrogen (secondary N) is 1. The van der Waals surface area contributed by atoms with Crippen molar-refractivity contribution >= 4 is 38.4 Å². The third kappa shape index (κ3) is 4.69. The van der Waals surface area contributed by atoms with Crippen molar-refractivity contribution in [2.75, 3.05) is 19.6 Å².